The van der Waals surface area contributed by atoms with Crippen molar-refractivity contribution < 1.29 is 27.4 Å². The number of hydrogen-bond acceptors (Lipinski definition) is 7. The molecule has 0 aliphatic carbocycles. The van der Waals surface area contributed by atoms with E-state index >= 15 is 0 Å². The molecular weight excluding hydrogens is 551 g/mol. The van der Waals surface area contributed by atoms with Crippen molar-refractivity contribution in [3.63, 3.8) is 0 Å². The molecule has 0 saturated carbocycles. The molecule has 0 bridgehead atoms. The Morgan fingerprint density at radius 3 is 2.73 bits per heavy atom. The molecule has 2 aliphatic rings. The normalized spacial score (nSPS) is 19.4. The second-order valence-corrected chi connectivity index (χ2v) is 10.3. The van der Waals surface area contributed by atoms with E-state index in [2.05, 4.69) is 10.2 Å². The van der Waals surface area contributed by atoms with Gasteiger partial charge in [0.05, 0.1) is 30.6 Å². The summed E-state index contributed by atoms with van der Waals surface area (Å²) < 4.78 is 54.6. The first kappa shape index (κ1) is 28.2. The molecule has 2 aliphatic heterocycles. The molecule has 5 rings (SSSR count). The molecule has 2 aromatic heterocycles. The summed E-state index contributed by atoms with van der Waals surface area (Å²) >= 11 is 6.58. The van der Waals surface area contributed by atoms with Crippen molar-refractivity contribution >= 4 is 23.3 Å². The summed E-state index contributed by atoms with van der Waals surface area (Å²) in [5.41, 5.74) is 0.338. The summed E-state index contributed by atoms with van der Waals surface area (Å²) in [6, 6.07) is 5.05. The maximum absolute atomic E-state index is 13.7. The highest BCUT2D eigenvalue weighted by Gasteiger charge is 2.36. The number of aromatic nitrogens is 4. The Labute approximate surface area is 233 Å². The van der Waals surface area contributed by atoms with Gasteiger partial charge in [0.25, 0.3) is 5.56 Å². The molecule has 13 heteroatoms. The van der Waals surface area contributed by atoms with Crippen molar-refractivity contribution in [2.75, 3.05) is 18.1 Å². The number of alkyl halides is 3. The van der Waals surface area contributed by atoms with E-state index in [1.165, 1.54) is 33.8 Å². The molecule has 214 valence electrons. The standard InChI is InChI=1S/C27H29ClF3N5O4/c1-3-39-26(38)24-18-15-34(21-13-32-36(25(37)23(21)28)22-10-6-7-11-40-22)16(2)12-20(18)35(33-24)14-17-8-4-5-9-19(17)27(29,30)31/h4-5,8-9,13,16,22H,3,6-7,10-12,14-15H2,1-2H3/t16-,22?/m1/s1. The van der Waals surface area contributed by atoms with Gasteiger partial charge in [-0.1, -0.05) is 29.8 Å². The average Bonchev–Trinajstić information content (AvgIpc) is 3.27. The number of fused-ring (bicyclic) bond motifs is 1. The first-order valence-electron chi connectivity index (χ1n) is 13.2. The topological polar surface area (TPSA) is 91.5 Å². The highest BCUT2D eigenvalue weighted by atomic mass is 35.5. The lowest BCUT2D eigenvalue weighted by molar-refractivity contribution is -0.138. The number of hydrogen-bond donors (Lipinski definition) is 0. The lowest BCUT2D eigenvalue weighted by atomic mass is 9.98. The monoisotopic (exact) mass is 579 g/mol. The molecule has 0 N–H and O–H groups in total. The molecule has 4 heterocycles. The second kappa shape index (κ2) is 11.2. The number of carbonyl (C=O) groups excluding carboxylic acids is 1. The predicted octanol–water partition coefficient (Wildman–Crippen LogP) is 4.99. The van der Waals surface area contributed by atoms with E-state index in [0.29, 0.717) is 36.4 Å². The SMILES string of the molecule is CCOC(=O)c1nn(Cc2ccccc2C(F)(F)F)c2c1CN(c1cnn(C3CCCCO3)c(=O)c1Cl)[C@H](C)C2. The minimum Gasteiger partial charge on any atom is -0.461 e. The van der Waals surface area contributed by atoms with Gasteiger partial charge in [-0.3, -0.25) is 9.48 Å². The Bertz CT molecular complexity index is 1470. The van der Waals surface area contributed by atoms with E-state index in [1.54, 1.807) is 6.92 Å². The molecule has 1 unspecified atom stereocenters. The number of benzene rings is 1. The number of rotatable bonds is 6. The van der Waals surface area contributed by atoms with E-state index in [-0.39, 0.29) is 42.0 Å². The molecule has 2 atom stereocenters. The summed E-state index contributed by atoms with van der Waals surface area (Å²) in [5, 5.41) is 8.74. The first-order chi connectivity index (χ1) is 19.1. The van der Waals surface area contributed by atoms with Crippen molar-refractivity contribution in [3.8, 4) is 0 Å². The molecule has 9 nitrogen and oxygen atoms in total. The highest BCUT2D eigenvalue weighted by molar-refractivity contribution is 6.33. The molecule has 40 heavy (non-hydrogen) atoms. The van der Waals surface area contributed by atoms with Crippen LogP contribution in [-0.2, 0) is 35.2 Å². The van der Waals surface area contributed by atoms with E-state index in [1.807, 2.05) is 11.8 Å². The van der Waals surface area contributed by atoms with Crippen LogP contribution >= 0.6 is 11.6 Å². The van der Waals surface area contributed by atoms with Gasteiger partial charge < -0.3 is 14.4 Å². The van der Waals surface area contributed by atoms with Gasteiger partial charge in [-0.15, -0.1) is 0 Å². The molecule has 1 aromatic carbocycles. The van der Waals surface area contributed by atoms with Gasteiger partial charge >= 0.3 is 12.1 Å². The summed E-state index contributed by atoms with van der Waals surface area (Å²) in [4.78, 5) is 27.9. The number of nitrogens with zero attached hydrogens (tertiary/aromatic N) is 5. The third-order valence-electron chi connectivity index (χ3n) is 7.29. The summed E-state index contributed by atoms with van der Waals surface area (Å²) in [6.45, 7) is 4.17. The zero-order chi connectivity index (χ0) is 28.6. The Morgan fingerprint density at radius 2 is 2.02 bits per heavy atom. The first-order valence-corrected chi connectivity index (χ1v) is 13.5. The van der Waals surface area contributed by atoms with Crippen LogP contribution in [0.3, 0.4) is 0 Å². The maximum atomic E-state index is 13.7. The summed E-state index contributed by atoms with van der Waals surface area (Å²) in [7, 11) is 0. The molecule has 0 spiro atoms. The van der Waals surface area contributed by atoms with E-state index in [4.69, 9.17) is 21.1 Å². The van der Waals surface area contributed by atoms with Crippen molar-refractivity contribution in [2.24, 2.45) is 0 Å². The fraction of sp³-hybridized carbons (Fsp3) is 0.481. The maximum Gasteiger partial charge on any atom is 0.416 e. The van der Waals surface area contributed by atoms with Gasteiger partial charge in [-0.05, 0) is 44.7 Å². The van der Waals surface area contributed by atoms with Gasteiger partial charge in [0, 0.05) is 36.9 Å². The van der Waals surface area contributed by atoms with Gasteiger partial charge in [0.1, 0.15) is 5.02 Å². The number of esters is 1. The van der Waals surface area contributed by atoms with Crippen LogP contribution in [0.25, 0.3) is 0 Å². The van der Waals surface area contributed by atoms with Crippen molar-refractivity contribution in [1.29, 1.82) is 0 Å². The lowest BCUT2D eigenvalue weighted by Crippen LogP contribution is -2.41. The Kier molecular flexibility index (Phi) is 7.92. The van der Waals surface area contributed by atoms with Crippen LogP contribution in [0, 0.1) is 0 Å². The van der Waals surface area contributed by atoms with Crippen LogP contribution in [-0.4, -0.2) is 44.8 Å². The number of halogens is 4. The molecule has 0 radical (unpaired) electrons. The zero-order valence-corrected chi connectivity index (χ0v) is 22.8. The van der Waals surface area contributed by atoms with Crippen LogP contribution in [0.2, 0.25) is 5.02 Å². The third kappa shape index (κ3) is 5.34. The Morgan fingerprint density at radius 1 is 1.25 bits per heavy atom. The Balaban J connectivity index is 1.52. The van der Waals surface area contributed by atoms with Crippen LogP contribution in [0.5, 0.6) is 0 Å². The van der Waals surface area contributed by atoms with Gasteiger partial charge in [0.2, 0.25) is 0 Å². The summed E-state index contributed by atoms with van der Waals surface area (Å²) in [6.07, 6.45) is -0.679. The lowest BCUT2D eigenvalue weighted by Gasteiger charge is -2.36. The van der Waals surface area contributed by atoms with Crippen LogP contribution < -0.4 is 10.5 Å². The average molecular weight is 580 g/mol. The van der Waals surface area contributed by atoms with Gasteiger partial charge in [0.15, 0.2) is 11.9 Å². The van der Waals surface area contributed by atoms with Crippen LogP contribution in [0.4, 0.5) is 18.9 Å². The molecule has 1 fully saturated rings. The van der Waals surface area contributed by atoms with Crippen molar-refractivity contribution in [1.82, 2.24) is 19.6 Å². The van der Waals surface area contributed by atoms with Gasteiger partial charge in [-0.25, -0.2) is 4.79 Å². The van der Waals surface area contributed by atoms with Crippen LogP contribution in [0.1, 0.15) is 72.2 Å². The second-order valence-electron chi connectivity index (χ2n) is 9.90. The van der Waals surface area contributed by atoms with Crippen molar-refractivity contribution in [3.05, 3.63) is 73.9 Å². The third-order valence-corrected chi connectivity index (χ3v) is 7.65. The van der Waals surface area contributed by atoms with Crippen LogP contribution in [0.15, 0.2) is 35.3 Å². The zero-order valence-electron chi connectivity index (χ0n) is 22.1. The number of anilines is 1. The van der Waals surface area contributed by atoms with E-state index < -0.39 is 29.5 Å². The summed E-state index contributed by atoms with van der Waals surface area (Å²) in [5.74, 6) is -0.676. The fourth-order valence-electron chi connectivity index (χ4n) is 5.32. The van der Waals surface area contributed by atoms with E-state index in [9.17, 15) is 22.8 Å². The predicted molar refractivity (Wildman–Crippen MR) is 140 cm³/mol. The Hall–Kier alpha value is -3.38. The quantitative estimate of drug-likeness (QED) is 0.380. The fourth-order valence-corrected chi connectivity index (χ4v) is 5.56. The minimum atomic E-state index is -4.54. The molecule has 0 amide bonds. The highest BCUT2D eigenvalue weighted by Crippen LogP contribution is 2.36. The number of ether oxygens (including phenoxy) is 2. The van der Waals surface area contributed by atoms with Gasteiger partial charge in [-0.2, -0.15) is 28.1 Å². The van der Waals surface area contributed by atoms with Crippen molar-refractivity contribution in [2.45, 2.75) is 71.1 Å². The smallest absolute Gasteiger partial charge is 0.416 e. The van der Waals surface area contributed by atoms with E-state index in [0.717, 1.165) is 18.9 Å². The molecule has 1 saturated heterocycles. The number of carbonyl (C=O) groups is 1. The largest absolute Gasteiger partial charge is 0.461 e. The minimum absolute atomic E-state index is 0.0197. The molecular formula is C27H29ClF3N5O4. The molecule has 3 aromatic rings.